The molecule has 0 bridgehead atoms. The van der Waals surface area contributed by atoms with Crippen LogP contribution in [0.3, 0.4) is 0 Å². The number of imidazole rings is 1. The van der Waals surface area contributed by atoms with Crippen LogP contribution in [0.4, 0.5) is 5.95 Å². The van der Waals surface area contributed by atoms with Gasteiger partial charge in [0.2, 0.25) is 5.95 Å². The van der Waals surface area contributed by atoms with E-state index in [1.54, 1.807) is 4.57 Å². The summed E-state index contributed by atoms with van der Waals surface area (Å²) in [5, 5.41) is 3.52. The van der Waals surface area contributed by atoms with E-state index in [0.29, 0.717) is 29.7 Å². The Morgan fingerprint density at radius 3 is 2.58 bits per heavy atom. The van der Waals surface area contributed by atoms with Gasteiger partial charge in [0.1, 0.15) is 0 Å². The van der Waals surface area contributed by atoms with Crippen molar-refractivity contribution < 1.29 is 0 Å². The van der Waals surface area contributed by atoms with E-state index >= 15 is 0 Å². The van der Waals surface area contributed by atoms with Crippen molar-refractivity contribution in [3.05, 3.63) is 68.4 Å². The van der Waals surface area contributed by atoms with E-state index in [9.17, 15) is 9.59 Å². The third kappa shape index (κ3) is 4.00. The standard InChI is InChI=1S/C27H34N6O2.ClH/c1-17(2)11-13-31-23-24(29-26(31)30-14-12-20-15-28-16-22(20)30)33(21-9-10-21)27(35)32(25(23)34)18(3)19-7-5-4-6-8-19;/h4-8,11,18,20-22,28H,9-10,12-16H2,1-3H3;1H. The van der Waals surface area contributed by atoms with Crippen LogP contribution < -0.4 is 21.5 Å². The Hall–Kier alpha value is -2.84. The lowest BCUT2D eigenvalue weighted by Gasteiger charge is -2.25. The molecular weight excluding hydrogens is 476 g/mol. The van der Waals surface area contributed by atoms with Gasteiger partial charge in [0.15, 0.2) is 11.2 Å². The van der Waals surface area contributed by atoms with Gasteiger partial charge < -0.3 is 14.8 Å². The third-order valence-corrected chi connectivity index (χ3v) is 7.96. The number of hydrogen-bond acceptors (Lipinski definition) is 5. The van der Waals surface area contributed by atoms with Gasteiger partial charge in [-0.1, -0.05) is 42.0 Å². The lowest BCUT2D eigenvalue weighted by atomic mass is 10.1. The average molecular weight is 511 g/mol. The Labute approximate surface area is 217 Å². The maximum absolute atomic E-state index is 14.1. The maximum Gasteiger partial charge on any atom is 0.333 e. The summed E-state index contributed by atoms with van der Waals surface area (Å²) in [6.07, 6.45) is 5.15. The first-order chi connectivity index (χ1) is 17.0. The number of allylic oxidation sites excluding steroid dienone is 2. The molecule has 36 heavy (non-hydrogen) atoms. The van der Waals surface area contributed by atoms with Crippen molar-refractivity contribution in [3.8, 4) is 0 Å². The van der Waals surface area contributed by atoms with E-state index in [1.807, 2.05) is 37.3 Å². The average Bonchev–Trinajstić information content (AvgIpc) is 3.25. The molecule has 1 saturated carbocycles. The molecule has 1 aliphatic carbocycles. The largest absolute Gasteiger partial charge is 0.338 e. The Kier molecular flexibility index (Phi) is 6.59. The van der Waals surface area contributed by atoms with Gasteiger partial charge in [-0.15, -0.1) is 12.4 Å². The van der Waals surface area contributed by atoms with Gasteiger partial charge in [-0.3, -0.25) is 13.9 Å². The summed E-state index contributed by atoms with van der Waals surface area (Å²) in [4.78, 5) is 35.4. The van der Waals surface area contributed by atoms with Gasteiger partial charge in [-0.2, -0.15) is 4.98 Å². The molecule has 3 aromatic rings. The van der Waals surface area contributed by atoms with Gasteiger partial charge in [0.25, 0.3) is 5.56 Å². The lowest BCUT2D eigenvalue weighted by Crippen LogP contribution is -2.42. The summed E-state index contributed by atoms with van der Waals surface area (Å²) in [5.74, 6) is 1.43. The van der Waals surface area contributed by atoms with Crippen LogP contribution in [-0.4, -0.2) is 44.4 Å². The molecule has 9 heteroatoms. The summed E-state index contributed by atoms with van der Waals surface area (Å²) in [7, 11) is 0. The van der Waals surface area contributed by atoms with Gasteiger partial charge in [0, 0.05) is 38.3 Å². The molecule has 3 fully saturated rings. The van der Waals surface area contributed by atoms with Crippen molar-refractivity contribution in [3.63, 3.8) is 0 Å². The zero-order chi connectivity index (χ0) is 24.3. The van der Waals surface area contributed by atoms with Crippen molar-refractivity contribution >= 4 is 29.5 Å². The summed E-state index contributed by atoms with van der Waals surface area (Å²) in [6.45, 7) is 9.53. The minimum Gasteiger partial charge on any atom is -0.338 e. The molecule has 2 saturated heterocycles. The maximum atomic E-state index is 14.1. The fraction of sp³-hybridized carbons (Fsp3) is 0.519. The Morgan fingerprint density at radius 2 is 1.89 bits per heavy atom. The molecule has 1 N–H and O–H groups in total. The first-order valence-corrected chi connectivity index (χ1v) is 12.9. The van der Waals surface area contributed by atoms with E-state index in [0.717, 1.165) is 50.4 Å². The minimum absolute atomic E-state index is 0. The molecule has 0 amide bonds. The predicted molar refractivity (Wildman–Crippen MR) is 146 cm³/mol. The van der Waals surface area contributed by atoms with Gasteiger partial charge in [-0.05, 0) is 51.5 Å². The van der Waals surface area contributed by atoms with Crippen molar-refractivity contribution in [2.75, 3.05) is 24.5 Å². The molecular formula is C27H35ClN6O2. The highest BCUT2D eigenvalue weighted by molar-refractivity contribution is 5.85. The molecule has 0 spiro atoms. The second-order valence-corrected chi connectivity index (χ2v) is 10.6. The molecule has 8 nitrogen and oxygen atoms in total. The van der Waals surface area contributed by atoms with Crippen LogP contribution in [-0.2, 0) is 6.54 Å². The fourth-order valence-electron chi connectivity index (χ4n) is 5.86. The normalized spacial score (nSPS) is 21.9. The molecule has 2 aromatic heterocycles. The third-order valence-electron chi connectivity index (χ3n) is 7.96. The number of rotatable bonds is 6. The van der Waals surface area contributed by atoms with Crippen molar-refractivity contribution in [2.45, 2.75) is 64.7 Å². The minimum atomic E-state index is -0.365. The van der Waals surface area contributed by atoms with E-state index in [-0.39, 0.29) is 35.7 Å². The van der Waals surface area contributed by atoms with Crippen LogP contribution in [0.15, 0.2) is 51.6 Å². The summed E-state index contributed by atoms with van der Waals surface area (Å²) >= 11 is 0. The summed E-state index contributed by atoms with van der Waals surface area (Å²) in [6, 6.07) is 9.93. The number of halogens is 1. The number of hydrogen-bond donors (Lipinski definition) is 1. The smallest absolute Gasteiger partial charge is 0.333 e. The summed E-state index contributed by atoms with van der Waals surface area (Å²) in [5.41, 5.74) is 2.73. The Balaban J connectivity index is 0.00000267. The first-order valence-electron chi connectivity index (χ1n) is 12.9. The van der Waals surface area contributed by atoms with E-state index in [2.05, 4.69) is 34.7 Å². The predicted octanol–water partition coefficient (Wildman–Crippen LogP) is 3.49. The highest BCUT2D eigenvalue weighted by Crippen LogP contribution is 2.37. The van der Waals surface area contributed by atoms with Crippen molar-refractivity contribution in [2.24, 2.45) is 5.92 Å². The SMILES string of the molecule is CC(C)=CCn1c(N2CCC3CNCC32)nc2c1c(=O)n(C(C)c1ccccc1)c(=O)n2C1CC1.Cl. The second-order valence-electron chi connectivity index (χ2n) is 10.6. The van der Waals surface area contributed by atoms with Crippen LogP contribution in [0, 0.1) is 5.92 Å². The van der Waals surface area contributed by atoms with Crippen LogP contribution in [0.5, 0.6) is 0 Å². The van der Waals surface area contributed by atoms with E-state index < -0.39 is 0 Å². The molecule has 0 radical (unpaired) electrons. The molecule has 3 atom stereocenters. The van der Waals surface area contributed by atoms with E-state index in [4.69, 9.17) is 4.98 Å². The summed E-state index contributed by atoms with van der Waals surface area (Å²) < 4.78 is 5.32. The molecule has 2 aliphatic heterocycles. The zero-order valence-corrected chi connectivity index (χ0v) is 22.0. The highest BCUT2D eigenvalue weighted by Gasteiger charge is 2.41. The number of anilines is 1. The Morgan fingerprint density at radius 1 is 1.14 bits per heavy atom. The molecule has 3 aliphatic rings. The monoisotopic (exact) mass is 510 g/mol. The van der Waals surface area contributed by atoms with Crippen LogP contribution in [0.25, 0.3) is 11.2 Å². The second kappa shape index (κ2) is 9.56. The molecule has 4 heterocycles. The highest BCUT2D eigenvalue weighted by atomic mass is 35.5. The molecule has 1 aromatic carbocycles. The number of aromatic nitrogens is 4. The number of nitrogens with one attached hydrogen (secondary N) is 1. The fourth-order valence-corrected chi connectivity index (χ4v) is 5.86. The van der Waals surface area contributed by atoms with Crippen LogP contribution >= 0.6 is 12.4 Å². The lowest BCUT2D eigenvalue weighted by molar-refractivity contribution is 0.538. The number of benzene rings is 1. The van der Waals surface area contributed by atoms with Gasteiger partial charge in [-0.25, -0.2) is 4.79 Å². The van der Waals surface area contributed by atoms with Crippen molar-refractivity contribution in [1.82, 2.24) is 24.0 Å². The quantitative estimate of drug-likeness (QED) is 0.514. The zero-order valence-electron chi connectivity index (χ0n) is 21.2. The van der Waals surface area contributed by atoms with Crippen LogP contribution in [0.1, 0.15) is 57.7 Å². The van der Waals surface area contributed by atoms with E-state index in [1.165, 1.54) is 10.1 Å². The molecule has 6 rings (SSSR count). The van der Waals surface area contributed by atoms with Crippen LogP contribution in [0.2, 0.25) is 0 Å². The number of fused-ring (bicyclic) bond motifs is 2. The first kappa shape index (κ1) is 24.8. The van der Waals surface area contributed by atoms with Gasteiger partial charge >= 0.3 is 5.69 Å². The topological polar surface area (TPSA) is 77.1 Å². The van der Waals surface area contributed by atoms with Gasteiger partial charge in [0.05, 0.1) is 6.04 Å². The molecule has 3 unspecified atom stereocenters. The Bertz CT molecular complexity index is 1410. The van der Waals surface area contributed by atoms with Crippen molar-refractivity contribution in [1.29, 1.82) is 0 Å². The number of nitrogens with zero attached hydrogens (tertiary/aromatic N) is 5. The molecule has 192 valence electrons.